The summed E-state index contributed by atoms with van der Waals surface area (Å²) in [6.45, 7) is 5.75. The summed E-state index contributed by atoms with van der Waals surface area (Å²) in [5, 5.41) is 8.76. The van der Waals surface area contributed by atoms with Crippen molar-refractivity contribution >= 4 is 0 Å². The standard InChI is InChI=1S/C17H16FNO/c1-17(2,3)20-14-8-9-15(16(18)10-14)13-6-4-12(11-19)5-7-13/h4-10H,1-3H3. The lowest BCUT2D eigenvalue weighted by atomic mass is 10.0. The molecule has 102 valence electrons. The third kappa shape index (κ3) is 3.36. The van der Waals surface area contributed by atoms with Crippen LogP contribution in [0.3, 0.4) is 0 Å². The van der Waals surface area contributed by atoms with E-state index >= 15 is 0 Å². The first-order chi connectivity index (χ1) is 9.39. The van der Waals surface area contributed by atoms with Gasteiger partial charge in [-0.25, -0.2) is 4.39 Å². The molecule has 2 aromatic rings. The van der Waals surface area contributed by atoms with Crippen LogP contribution in [0.25, 0.3) is 11.1 Å². The number of nitrogens with zero attached hydrogens (tertiary/aromatic N) is 1. The van der Waals surface area contributed by atoms with E-state index in [-0.39, 0.29) is 11.4 Å². The molecule has 0 aliphatic rings. The van der Waals surface area contributed by atoms with Crippen LogP contribution in [0.5, 0.6) is 5.75 Å². The van der Waals surface area contributed by atoms with Gasteiger partial charge < -0.3 is 4.74 Å². The van der Waals surface area contributed by atoms with Crippen molar-refractivity contribution in [2.45, 2.75) is 26.4 Å². The molecule has 0 bridgehead atoms. The molecular formula is C17H16FNO. The fraction of sp³-hybridized carbons (Fsp3) is 0.235. The van der Waals surface area contributed by atoms with Crippen molar-refractivity contribution in [3.8, 4) is 22.9 Å². The van der Waals surface area contributed by atoms with Crippen molar-refractivity contribution in [1.29, 1.82) is 5.26 Å². The Morgan fingerprint density at radius 2 is 1.70 bits per heavy atom. The van der Waals surface area contributed by atoms with E-state index in [1.807, 2.05) is 26.8 Å². The van der Waals surface area contributed by atoms with Crippen LogP contribution in [0.4, 0.5) is 4.39 Å². The summed E-state index contributed by atoms with van der Waals surface area (Å²) in [5.41, 5.74) is 1.43. The zero-order valence-corrected chi connectivity index (χ0v) is 11.8. The van der Waals surface area contributed by atoms with Crippen LogP contribution in [-0.4, -0.2) is 5.60 Å². The summed E-state index contributed by atoms with van der Waals surface area (Å²) >= 11 is 0. The van der Waals surface area contributed by atoms with E-state index < -0.39 is 0 Å². The summed E-state index contributed by atoms with van der Waals surface area (Å²) in [6, 6.07) is 13.7. The molecule has 0 aromatic heterocycles. The fourth-order valence-corrected chi connectivity index (χ4v) is 1.87. The van der Waals surface area contributed by atoms with Gasteiger partial charge in [-0.05, 0) is 50.6 Å². The quantitative estimate of drug-likeness (QED) is 0.801. The highest BCUT2D eigenvalue weighted by Crippen LogP contribution is 2.28. The van der Waals surface area contributed by atoms with Crippen molar-refractivity contribution in [1.82, 2.24) is 0 Å². The Labute approximate surface area is 118 Å². The van der Waals surface area contributed by atoms with Gasteiger partial charge in [0.25, 0.3) is 0 Å². The molecule has 0 radical (unpaired) electrons. The molecule has 20 heavy (non-hydrogen) atoms. The number of halogens is 1. The molecule has 0 aliphatic carbocycles. The van der Waals surface area contributed by atoms with Gasteiger partial charge in [0.2, 0.25) is 0 Å². The maximum absolute atomic E-state index is 14.1. The smallest absolute Gasteiger partial charge is 0.134 e. The van der Waals surface area contributed by atoms with Crippen LogP contribution in [0.1, 0.15) is 26.3 Å². The van der Waals surface area contributed by atoms with Crippen molar-refractivity contribution in [3.63, 3.8) is 0 Å². The molecule has 0 N–H and O–H groups in total. The van der Waals surface area contributed by atoms with Crippen LogP contribution in [0.2, 0.25) is 0 Å². The first-order valence-electron chi connectivity index (χ1n) is 6.38. The van der Waals surface area contributed by atoms with E-state index in [1.54, 1.807) is 36.4 Å². The van der Waals surface area contributed by atoms with Gasteiger partial charge in [0.05, 0.1) is 11.6 Å². The molecule has 0 heterocycles. The van der Waals surface area contributed by atoms with Crippen LogP contribution >= 0.6 is 0 Å². The third-order valence-electron chi connectivity index (χ3n) is 2.69. The molecule has 2 rings (SSSR count). The minimum atomic E-state index is -0.359. The number of ether oxygens (including phenoxy) is 1. The van der Waals surface area contributed by atoms with E-state index in [2.05, 4.69) is 0 Å². The highest BCUT2D eigenvalue weighted by molar-refractivity contribution is 5.65. The van der Waals surface area contributed by atoms with Crippen molar-refractivity contribution in [3.05, 3.63) is 53.8 Å². The first kappa shape index (κ1) is 14.1. The van der Waals surface area contributed by atoms with Gasteiger partial charge in [0.1, 0.15) is 17.2 Å². The Kier molecular flexibility index (Phi) is 3.76. The second-order valence-corrected chi connectivity index (χ2v) is 5.55. The van der Waals surface area contributed by atoms with E-state index in [9.17, 15) is 4.39 Å². The summed E-state index contributed by atoms with van der Waals surface area (Å²) in [7, 11) is 0. The molecule has 3 heteroatoms. The highest BCUT2D eigenvalue weighted by atomic mass is 19.1. The van der Waals surface area contributed by atoms with E-state index in [1.165, 1.54) is 6.07 Å². The van der Waals surface area contributed by atoms with Crippen LogP contribution in [0, 0.1) is 17.1 Å². The number of hydrogen-bond acceptors (Lipinski definition) is 2. The molecule has 0 fully saturated rings. The van der Waals surface area contributed by atoms with Crippen LogP contribution < -0.4 is 4.74 Å². The Morgan fingerprint density at radius 3 is 2.20 bits per heavy atom. The summed E-state index contributed by atoms with van der Waals surface area (Å²) < 4.78 is 19.8. The molecule has 0 aliphatic heterocycles. The molecule has 2 aromatic carbocycles. The number of hydrogen-bond donors (Lipinski definition) is 0. The number of benzene rings is 2. The average Bonchev–Trinajstić information content (AvgIpc) is 2.37. The average molecular weight is 269 g/mol. The van der Waals surface area contributed by atoms with Gasteiger partial charge in [0.15, 0.2) is 0 Å². The summed E-state index contributed by atoms with van der Waals surface area (Å²) in [5.74, 6) is 0.170. The molecule has 0 spiro atoms. The zero-order chi connectivity index (χ0) is 14.8. The third-order valence-corrected chi connectivity index (χ3v) is 2.69. The molecule has 0 atom stereocenters. The van der Waals surface area contributed by atoms with Crippen molar-refractivity contribution in [2.75, 3.05) is 0 Å². The maximum Gasteiger partial charge on any atom is 0.134 e. The van der Waals surface area contributed by atoms with Gasteiger partial charge in [-0.15, -0.1) is 0 Å². The number of rotatable bonds is 2. The van der Waals surface area contributed by atoms with E-state index in [0.29, 0.717) is 16.9 Å². The van der Waals surface area contributed by atoms with Gasteiger partial charge in [-0.2, -0.15) is 5.26 Å². The number of nitriles is 1. The fourth-order valence-electron chi connectivity index (χ4n) is 1.87. The van der Waals surface area contributed by atoms with Crippen LogP contribution in [-0.2, 0) is 0 Å². The Morgan fingerprint density at radius 1 is 1.05 bits per heavy atom. The van der Waals surface area contributed by atoms with Gasteiger partial charge in [0, 0.05) is 11.6 Å². The predicted octanol–water partition coefficient (Wildman–Crippen LogP) is 4.54. The Balaban J connectivity index is 2.32. The lowest BCUT2D eigenvalue weighted by molar-refractivity contribution is 0.130. The molecular weight excluding hydrogens is 253 g/mol. The Bertz CT molecular complexity index is 648. The zero-order valence-electron chi connectivity index (χ0n) is 11.8. The van der Waals surface area contributed by atoms with Gasteiger partial charge in [-0.1, -0.05) is 12.1 Å². The predicted molar refractivity (Wildman–Crippen MR) is 76.9 cm³/mol. The van der Waals surface area contributed by atoms with Crippen LogP contribution in [0.15, 0.2) is 42.5 Å². The van der Waals surface area contributed by atoms with E-state index in [0.717, 1.165) is 5.56 Å². The lowest BCUT2D eigenvalue weighted by Gasteiger charge is -2.21. The minimum Gasteiger partial charge on any atom is -0.488 e. The molecule has 2 nitrogen and oxygen atoms in total. The normalized spacial score (nSPS) is 10.9. The molecule has 0 unspecified atom stereocenters. The molecule has 0 amide bonds. The Hall–Kier alpha value is -2.34. The largest absolute Gasteiger partial charge is 0.488 e. The first-order valence-corrected chi connectivity index (χ1v) is 6.38. The second kappa shape index (κ2) is 5.34. The minimum absolute atomic E-state index is 0.337. The second-order valence-electron chi connectivity index (χ2n) is 5.55. The highest BCUT2D eigenvalue weighted by Gasteiger charge is 2.13. The lowest BCUT2D eigenvalue weighted by Crippen LogP contribution is -2.22. The van der Waals surface area contributed by atoms with E-state index in [4.69, 9.17) is 10.00 Å². The summed E-state index contributed by atoms with van der Waals surface area (Å²) in [6.07, 6.45) is 0. The molecule has 0 saturated carbocycles. The van der Waals surface area contributed by atoms with Gasteiger partial charge >= 0.3 is 0 Å². The SMILES string of the molecule is CC(C)(C)Oc1ccc(-c2ccc(C#N)cc2)c(F)c1. The van der Waals surface area contributed by atoms with Crippen molar-refractivity contribution in [2.24, 2.45) is 0 Å². The summed E-state index contributed by atoms with van der Waals surface area (Å²) in [4.78, 5) is 0. The molecule has 0 saturated heterocycles. The van der Waals surface area contributed by atoms with Crippen molar-refractivity contribution < 1.29 is 9.13 Å². The van der Waals surface area contributed by atoms with Gasteiger partial charge in [-0.3, -0.25) is 0 Å². The monoisotopic (exact) mass is 269 g/mol. The topological polar surface area (TPSA) is 33.0 Å². The maximum atomic E-state index is 14.1.